The van der Waals surface area contributed by atoms with Crippen molar-refractivity contribution < 1.29 is 19.1 Å². The molecule has 0 saturated heterocycles. The zero-order chi connectivity index (χ0) is 19.4. The van der Waals surface area contributed by atoms with E-state index in [0.29, 0.717) is 17.2 Å². The van der Waals surface area contributed by atoms with E-state index in [4.69, 9.17) is 21.7 Å². The van der Waals surface area contributed by atoms with Crippen molar-refractivity contribution in [1.29, 1.82) is 0 Å². The van der Waals surface area contributed by atoms with Gasteiger partial charge in [0.05, 0.1) is 13.0 Å². The average Bonchev–Trinajstić information content (AvgIpc) is 2.63. The summed E-state index contributed by atoms with van der Waals surface area (Å²) in [5.41, 5.74) is 1.49. The normalized spacial score (nSPS) is 10.7. The third kappa shape index (κ3) is 8.78. The maximum Gasteiger partial charge on any atom is 0.309 e. The Morgan fingerprint density at radius 1 is 1.00 bits per heavy atom. The van der Waals surface area contributed by atoms with Gasteiger partial charge in [-0.3, -0.25) is 9.59 Å². The van der Waals surface area contributed by atoms with Crippen LogP contribution in [0.1, 0.15) is 36.2 Å². The number of hydrogen-bond acceptors (Lipinski definition) is 5. The second-order valence-corrected chi connectivity index (χ2v) is 6.04. The number of hydrogen-bond donors (Lipinski definition) is 1. The molecule has 26 heavy (non-hydrogen) atoms. The van der Waals surface area contributed by atoms with Crippen LogP contribution in [0.15, 0.2) is 60.7 Å². The molecular formula is C20H22O4S2. The van der Waals surface area contributed by atoms with Crippen molar-refractivity contribution in [2.45, 2.75) is 26.4 Å². The molecule has 0 fully saturated rings. The van der Waals surface area contributed by atoms with E-state index >= 15 is 0 Å². The van der Waals surface area contributed by atoms with Crippen LogP contribution < -0.4 is 0 Å². The van der Waals surface area contributed by atoms with Crippen LogP contribution in [0.3, 0.4) is 0 Å². The van der Waals surface area contributed by atoms with Gasteiger partial charge in [-0.25, -0.2) is 0 Å². The monoisotopic (exact) mass is 390 g/mol. The molecule has 0 heterocycles. The summed E-state index contributed by atoms with van der Waals surface area (Å²) in [5, 5.41) is 0.220. The van der Waals surface area contributed by atoms with Crippen molar-refractivity contribution in [2.75, 3.05) is 6.61 Å². The molecule has 1 atom stereocenters. The molecule has 0 bridgehead atoms. The molecule has 4 nitrogen and oxygen atoms in total. The molecule has 0 aliphatic heterocycles. The lowest BCUT2D eigenvalue weighted by Gasteiger charge is -2.14. The average molecular weight is 391 g/mol. The lowest BCUT2D eigenvalue weighted by molar-refractivity contribution is -0.144. The van der Waals surface area contributed by atoms with Crippen molar-refractivity contribution in [2.24, 2.45) is 0 Å². The van der Waals surface area contributed by atoms with Gasteiger partial charge in [-0.05, 0) is 26.1 Å². The van der Waals surface area contributed by atoms with Gasteiger partial charge in [-0.15, -0.1) is 12.6 Å². The SMILES string of the molecule is CCOC(=O)CC(C)OC(=S)c1ccccc1.O=C(S)c1ccccc1. The predicted octanol–water partition coefficient (Wildman–Crippen LogP) is 4.48. The molecule has 0 spiro atoms. The van der Waals surface area contributed by atoms with E-state index < -0.39 is 0 Å². The van der Waals surface area contributed by atoms with E-state index in [1.165, 1.54) is 0 Å². The predicted molar refractivity (Wildman–Crippen MR) is 110 cm³/mol. The van der Waals surface area contributed by atoms with Gasteiger partial charge in [0.2, 0.25) is 5.12 Å². The van der Waals surface area contributed by atoms with Gasteiger partial charge in [0.1, 0.15) is 6.10 Å². The van der Waals surface area contributed by atoms with Crippen LogP contribution in [0.25, 0.3) is 0 Å². The Morgan fingerprint density at radius 2 is 1.50 bits per heavy atom. The van der Waals surface area contributed by atoms with Crippen LogP contribution >= 0.6 is 24.8 Å². The van der Waals surface area contributed by atoms with E-state index in [1.54, 1.807) is 26.0 Å². The molecule has 0 aliphatic carbocycles. The minimum atomic E-state index is -0.276. The van der Waals surface area contributed by atoms with E-state index in [-0.39, 0.29) is 23.6 Å². The second-order valence-electron chi connectivity index (χ2n) is 5.26. The van der Waals surface area contributed by atoms with E-state index in [1.807, 2.05) is 48.5 Å². The molecule has 0 radical (unpaired) electrons. The molecule has 0 N–H and O–H groups in total. The highest BCUT2D eigenvalue weighted by Crippen LogP contribution is 2.08. The van der Waals surface area contributed by atoms with Gasteiger partial charge in [-0.2, -0.15) is 0 Å². The Balaban J connectivity index is 0.000000314. The summed E-state index contributed by atoms with van der Waals surface area (Å²) >= 11 is 8.79. The van der Waals surface area contributed by atoms with Crippen molar-refractivity contribution in [3.63, 3.8) is 0 Å². The highest BCUT2D eigenvalue weighted by Gasteiger charge is 2.13. The first-order valence-electron chi connectivity index (χ1n) is 8.14. The first-order valence-corrected chi connectivity index (χ1v) is 8.99. The quantitative estimate of drug-likeness (QED) is 0.448. The summed E-state index contributed by atoms with van der Waals surface area (Å²) in [6.07, 6.45) is -0.0670. The molecule has 0 amide bonds. The largest absolute Gasteiger partial charge is 0.479 e. The molecule has 2 aromatic carbocycles. The maximum atomic E-state index is 11.2. The molecule has 0 saturated carbocycles. The molecule has 0 aliphatic rings. The van der Waals surface area contributed by atoms with E-state index in [2.05, 4.69) is 12.6 Å². The molecule has 2 aromatic rings. The molecule has 2 rings (SSSR count). The van der Waals surface area contributed by atoms with Gasteiger partial charge < -0.3 is 9.47 Å². The van der Waals surface area contributed by atoms with Crippen LogP contribution in [-0.4, -0.2) is 28.8 Å². The minimum absolute atomic E-state index is 0.185. The van der Waals surface area contributed by atoms with Crippen LogP contribution in [0.5, 0.6) is 0 Å². The van der Waals surface area contributed by atoms with Gasteiger partial charge in [-0.1, -0.05) is 60.7 Å². The molecule has 6 heteroatoms. The number of esters is 1. The van der Waals surface area contributed by atoms with Crippen molar-refractivity contribution in [1.82, 2.24) is 0 Å². The Bertz CT molecular complexity index is 702. The standard InChI is InChI=1S/C13H16O3S.C7H6OS/c1-3-15-12(14)9-10(2)16-13(17)11-7-5-4-6-8-11;8-7(9)6-4-2-1-3-5-6/h4-8,10H,3,9H2,1-2H3;1-5H,(H,8,9). The Hall–Kier alpha value is -2.18. The lowest BCUT2D eigenvalue weighted by Crippen LogP contribution is -2.19. The number of carbonyl (C=O) groups is 2. The fourth-order valence-electron chi connectivity index (χ4n) is 1.90. The van der Waals surface area contributed by atoms with Gasteiger partial charge in [0.25, 0.3) is 0 Å². The third-order valence-electron chi connectivity index (χ3n) is 3.10. The van der Waals surface area contributed by atoms with Crippen LogP contribution in [0, 0.1) is 0 Å². The van der Waals surface area contributed by atoms with Crippen molar-refractivity contribution >= 4 is 41.0 Å². The Morgan fingerprint density at radius 3 is 1.92 bits per heavy atom. The van der Waals surface area contributed by atoms with Gasteiger partial charge in [0, 0.05) is 11.1 Å². The molecule has 1 unspecified atom stereocenters. The first-order chi connectivity index (χ1) is 12.4. The Kier molecular flexibility index (Phi) is 10.3. The Labute approximate surface area is 164 Å². The van der Waals surface area contributed by atoms with Crippen molar-refractivity contribution in [3.8, 4) is 0 Å². The molecule has 0 aromatic heterocycles. The maximum absolute atomic E-state index is 11.2. The summed E-state index contributed by atoms with van der Waals surface area (Å²) < 4.78 is 10.3. The highest BCUT2D eigenvalue weighted by molar-refractivity contribution is 7.97. The number of ether oxygens (including phenoxy) is 2. The summed E-state index contributed by atoms with van der Waals surface area (Å²) in [6.45, 7) is 3.96. The summed E-state index contributed by atoms with van der Waals surface area (Å²) in [5.74, 6) is -0.268. The summed E-state index contributed by atoms with van der Waals surface area (Å²) in [4.78, 5) is 21.7. The third-order valence-corrected chi connectivity index (χ3v) is 3.69. The number of rotatable bonds is 6. The second kappa shape index (κ2) is 12.2. The van der Waals surface area contributed by atoms with Gasteiger partial charge >= 0.3 is 5.97 Å². The van der Waals surface area contributed by atoms with E-state index in [0.717, 1.165) is 5.56 Å². The van der Waals surface area contributed by atoms with Crippen molar-refractivity contribution in [3.05, 3.63) is 71.8 Å². The fraction of sp³-hybridized carbons (Fsp3) is 0.250. The molecular weight excluding hydrogens is 368 g/mol. The number of benzene rings is 2. The highest BCUT2D eigenvalue weighted by atomic mass is 32.1. The number of thiol groups is 1. The number of thiocarbonyl (C=S) groups is 1. The van der Waals surface area contributed by atoms with Gasteiger partial charge in [0.15, 0.2) is 5.05 Å². The topological polar surface area (TPSA) is 52.6 Å². The smallest absolute Gasteiger partial charge is 0.309 e. The van der Waals surface area contributed by atoms with Crippen LogP contribution in [0.2, 0.25) is 0 Å². The minimum Gasteiger partial charge on any atom is -0.479 e. The summed E-state index contributed by atoms with van der Waals surface area (Å²) in [6, 6.07) is 18.4. The van der Waals surface area contributed by atoms with Crippen LogP contribution in [-0.2, 0) is 14.3 Å². The summed E-state index contributed by atoms with van der Waals surface area (Å²) in [7, 11) is 0. The molecule has 138 valence electrons. The number of carbonyl (C=O) groups excluding carboxylic acids is 2. The fourth-order valence-corrected chi connectivity index (χ4v) is 2.35. The first kappa shape index (κ1) is 21.9. The zero-order valence-electron chi connectivity index (χ0n) is 14.8. The van der Waals surface area contributed by atoms with E-state index in [9.17, 15) is 9.59 Å². The lowest BCUT2D eigenvalue weighted by atomic mass is 10.2. The zero-order valence-corrected chi connectivity index (χ0v) is 16.5. The van der Waals surface area contributed by atoms with Crippen LogP contribution in [0.4, 0.5) is 0 Å².